The van der Waals surface area contributed by atoms with Gasteiger partial charge in [0.15, 0.2) is 6.29 Å². The summed E-state index contributed by atoms with van der Waals surface area (Å²) in [7, 11) is 0. The molecule has 2 atom stereocenters. The topological polar surface area (TPSA) is 47.6 Å². The zero-order valence-electron chi connectivity index (χ0n) is 16.2. The van der Waals surface area contributed by atoms with E-state index in [0.717, 1.165) is 31.2 Å². The molecule has 2 unspecified atom stereocenters. The molecule has 5 heteroatoms. The van der Waals surface area contributed by atoms with E-state index < -0.39 is 0 Å². The molecule has 1 saturated heterocycles. The maximum Gasteiger partial charge on any atom is 0.220 e. The predicted octanol–water partition coefficient (Wildman–Crippen LogP) is 4.40. The molecule has 4 nitrogen and oxygen atoms in total. The molecule has 0 aliphatic carbocycles. The minimum atomic E-state index is -0.263. The minimum absolute atomic E-state index is 0.00338. The summed E-state index contributed by atoms with van der Waals surface area (Å²) in [6.07, 6.45) is 4.20. The van der Waals surface area contributed by atoms with Gasteiger partial charge in [-0.3, -0.25) is 4.79 Å². The van der Waals surface area contributed by atoms with Gasteiger partial charge in [0.1, 0.15) is 5.82 Å². The highest BCUT2D eigenvalue weighted by molar-refractivity contribution is 5.76. The number of hydrogen-bond donors (Lipinski definition) is 1. The van der Waals surface area contributed by atoms with Crippen LogP contribution in [-0.4, -0.2) is 32.0 Å². The number of nitrogens with one attached hydrogen (secondary N) is 1. The molecule has 0 spiro atoms. The molecule has 0 saturated carbocycles. The third kappa shape index (κ3) is 6.06. The number of amides is 1. The van der Waals surface area contributed by atoms with Crippen LogP contribution in [0.5, 0.6) is 0 Å². The summed E-state index contributed by atoms with van der Waals surface area (Å²) in [4.78, 5) is 12.2. The van der Waals surface area contributed by atoms with Crippen LogP contribution in [0.4, 0.5) is 4.39 Å². The molecule has 1 heterocycles. The molecular weight excluding hydrogens is 333 g/mol. The molecule has 1 aromatic rings. The van der Waals surface area contributed by atoms with Gasteiger partial charge in [0.2, 0.25) is 5.91 Å². The van der Waals surface area contributed by atoms with Gasteiger partial charge in [-0.15, -0.1) is 0 Å². The highest BCUT2D eigenvalue weighted by Crippen LogP contribution is 2.37. The first-order valence-corrected chi connectivity index (χ1v) is 9.70. The summed E-state index contributed by atoms with van der Waals surface area (Å²) >= 11 is 0. The second-order valence-electron chi connectivity index (χ2n) is 7.59. The van der Waals surface area contributed by atoms with Gasteiger partial charge >= 0.3 is 0 Å². The average molecular weight is 365 g/mol. The van der Waals surface area contributed by atoms with Crippen LogP contribution in [0.3, 0.4) is 0 Å². The van der Waals surface area contributed by atoms with Crippen molar-refractivity contribution in [3.63, 3.8) is 0 Å². The molecule has 1 fully saturated rings. The Balaban J connectivity index is 1.73. The van der Waals surface area contributed by atoms with Crippen molar-refractivity contribution in [1.29, 1.82) is 0 Å². The summed E-state index contributed by atoms with van der Waals surface area (Å²) in [5.41, 5.74) is 0.844. The molecule has 1 aliphatic rings. The Morgan fingerprint density at radius 3 is 2.73 bits per heavy atom. The Labute approximate surface area is 156 Å². The van der Waals surface area contributed by atoms with Crippen molar-refractivity contribution in [3.8, 4) is 0 Å². The number of rotatable bonds is 10. The van der Waals surface area contributed by atoms with Gasteiger partial charge in [-0.2, -0.15) is 0 Å². The van der Waals surface area contributed by atoms with Crippen molar-refractivity contribution in [1.82, 2.24) is 5.32 Å². The van der Waals surface area contributed by atoms with Crippen molar-refractivity contribution in [2.24, 2.45) is 5.41 Å². The maximum atomic E-state index is 13.3. The van der Waals surface area contributed by atoms with Gasteiger partial charge in [-0.05, 0) is 42.9 Å². The largest absolute Gasteiger partial charge is 0.356 e. The molecule has 2 rings (SSSR count). The molecule has 1 aliphatic heterocycles. The lowest BCUT2D eigenvalue weighted by molar-refractivity contribution is -0.133. The van der Waals surface area contributed by atoms with E-state index in [-0.39, 0.29) is 29.3 Å². The van der Waals surface area contributed by atoms with E-state index in [1.807, 2.05) is 13.0 Å². The second-order valence-corrected chi connectivity index (χ2v) is 7.59. The van der Waals surface area contributed by atoms with Crippen molar-refractivity contribution < 1.29 is 18.7 Å². The fourth-order valence-corrected chi connectivity index (χ4v) is 3.69. The SMILES string of the molecule is CCCC(C)(CCCNC(=O)CC(C)c1cccc(F)c1)C1OCCO1. The third-order valence-corrected chi connectivity index (χ3v) is 5.17. The lowest BCUT2D eigenvalue weighted by Gasteiger charge is -2.34. The van der Waals surface area contributed by atoms with Crippen molar-refractivity contribution in [3.05, 3.63) is 35.6 Å². The van der Waals surface area contributed by atoms with Crippen LogP contribution in [0.25, 0.3) is 0 Å². The van der Waals surface area contributed by atoms with Gasteiger partial charge < -0.3 is 14.8 Å². The van der Waals surface area contributed by atoms with Crippen LogP contribution in [0.2, 0.25) is 0 Å². The maximum absolute atomic E-state index is 13.3. The molecule has 146 valence electrons. The number of benzene rings is 1. The van der Waals surface area contributed by atoms with E-state index in [1.54, 1.807) is 6.07 Å². The molecule has 0 radical (unpaired) electrons. The first-order chi connectivity index (χ1) is 12.4. The summed E-state index contributed by atoms with van der Waals surface area (Å²) < 4.78 is 24.7. The number of hydrogen-bond acceptors (Lipinski definition) is 3. The molecule has 1 N–H and O–H groups in total. The molecular formula is C21H32FNO3. The monoisotopic (exact) mass is 365 g/mol. The van der Waals surface area contributed by atoms with Crippen LogP contribution in [0, 0.1) is 11.2 Å². The Hall–Kier alpha value is -1.46. The summed E-state index contributed by atoms with van der Waals surface area (Å²) in [5, 5.41) is 2.99. The highest BCUT2D eigenvalue weighted by Gasteiger charge is 2.37. The van der Waals surface area contributed by atoms with E-state index >= 15 is 0 Å². The van der Waals surface area contributed by atoms with Crippen molar-refractivity contribution >= 4 is 5.91 Å². The Kier molecular flexibility index (Phi) is 8.04. The van der Waals surface area contributed by atoms with Crippen LogP contribution in [0.15, 0.2) is 24.3 Å². The highest BCUT2D eigenvalue weighted by atomic mass is 19.1. The van der Waals surface area contributed by atoms with Gasteiger partial charge in [-0.1, -0.05) is 39.3 Å². The van der Waals surface area contributed by atoms with Gasteiger partial charge in [0, 0.05) is 18.4 Å². The van der Waals surface area contributed by atoms with Gasteiger partial charge in [0.05, 0.1) is 13.2 Å². The molecule has 0 aromatic heterocycles. The van der Waals surface area contributed by atoms with E-state index in [2.05, 4.69) is 19.2 Å². The van der Waals surface area contributed by atoms with E-state index in [9.17, 15) is 9.18 Å². The number of ether oxygens (including phenoxy) is 2. The minimum Gasteiger partial charge on any atom is -0.356 e. The standard InChI is InChI=1S/C21H32FNO3/c1-4-9-21(3,20-25-12-13-26-20)10-6-11-23-19(24)14-16(2)17-7-5-8-18(22)15-17/h5,7-8,15-16,20H,4,6,9-14H2,1-3H3,(H,23,24). The average Bonchev–Trinajstić information content (AvgIpc) is 3.14. The summed E-state index contributed by atoms with van der Waals surface area (Å²) in [6, 6.07) is 6.46. The molecule has 1 amide bonds. The second kappa shape index (κ2) is 10.0. The number of halogens is 1. The normalized spacial score (nSPS) is 18.5. The van der Waals surface area contributed by atoms with Crippen LogP contribution >= 0.6 is 0 Å². The van der Waals surface area contributed by atoms with Gasteiger partial charge in [0.25, 0.3) is 0 Å². The lowest BCUT2D eigenvalue weighted by atomic mass is 9.80. The van der Waals surface area contributed by atoms with Crippen LogP contribution < -0.4 is 5.32 Å². The first-order valence-electron chi connectivity index (χ1n) is 9.70. The molecule has 0 bridgehead atoms. The Morgan fingerprint density at radius 1 is 1.35 bits per heavy atom. The van der Waals surface area contributed by atoms with E-state index in [4.69, 9.17) is 9.47 Å². The van der Waals surface area contributed by atoms with Gasteiger partial charge in [-0.25, -0.2) is 4.39 Å². The zero-order valence-corrected chi connectivity index (χ0v) is 16.2. The summed E-state index contributed by atoms with van der Waals surface area (Å²) in [6.45, 7) is 8.29. The first kappa shape index (κ1) is 20.8. The smallest absolute Gasteiger partial charge is 0.220 e. The lowest BCUT2D eigenvalue weighted by Crippen LogP contribution is -2.34. The summed E-state index contributed by atoms with van der Waals surface area (Å²) in [5.74, 6) is -0.259. The number of carbonyl (C=O) groups is 1. The molecule has 1 aromatic carbocycles. The van der Waals surface area contributed by atoms with Crippen molar-refractivity contribution in [2.75, 3.05) is 19.8 Å². The quantitative estimate of drug-likeness (QED) is 0.625. The third-order valence-electron chi connectivity index (χ3n) is 5.17. The Morgan fingerprint density at radius 2 is 2.08 bits per heavy atom. The van der Waals surface area contributed by atoms with E-state index in [1.165, 1.54) is 12.1 Å². The fourth-order valence-electron chi connectivity index (χ4n) is 3.69. The van der Waals surface area contributed by atoms with Crippen LogP contribution in [-0.2, 0) is 14.3 Å². The fraction of sp³-hybridized carbons (Fsp3) is 0.667. The predicted molar refractivity (Wildman–Crippen MR) is 100 cm³/mol. The van der Waals surface area contributed by atoms with Crippen molar-refractivity contribution in [2.45, 2.75) is 65.1 Å². The molecule has 26 heavy (non-hydrogen) atoms. The van der Waals surface area contributed by atoms with E-state index in [0.29, 0.717) is 26.2 Å². The number of carbonyl (C=O) groups excluding carboxylic acids is 1. The zero-order chi connectivity index (χ0) is 19.0. The van der Waals surface area contributed by atoms with Crippen LogP contribution in [0.1, 0.15) is 64.4 Å². The Bertz CT molecular complexity index is 574.